The lowest BCUT2D eigenvalue weighted by atomic mass is 10.0. The van der Waals surface area contributed by atoms with E-state index >= 15 is 0 Å². The largest absolute Gasteiger partial charge is 0.462 e. The molecule has 13 heteroatoms. The molecule has 164 valence electrons. The van der Waals surface area contributed by atoms with Crippen molar-refractivity contribution in [2.24, 2.45) is 0 Å². The molecule has 0 saturated carbocycles. The molecule has 0 unspecified atom stereocenters. The second-order valence-electron chi connectivity index (χ2n) is 5.83. The zero-order valence-electron chi connectivity index (χ0n) is 15.1. The Labute approximate surface area is 173 Å². The third kappa shape index (κ3) is 5.43. The fourth-order valence-electron chi connectivity index (χ4n) is 2.28. The van der Waals surface area contributed by atoms with Crippen LogP contribution in [0.3, 0.4) is 0 Å². The van der Waals surface area contributed by atoms with Gasteiger partial charge in [0.15, 0.2) is 0 Å². The summed E-state index contributed by atoms with van der Waals surface area (Å²) >= 11 is 5.71. The molecule has 2 aromatic rings. The number of aromatic nitrogens is 1. The number of alkyl halides is 5. The molecule has 1 aromatic heterocycles. The van der Waals surface area contributed by atoms with E-state index in [0.29, 0.717) is 18.3 Å². The molecule has 0 radical (unpaired) electrons. The second kappa shape index (κ2) is 8.82. The lowest BCUT2D eigenvalue weighted by Crippen LogP contribution is -2.46. The summed E-state index contributed by atoms with van der Waals surface area (Å²) in [7, 11) is -4.81. The number of sulfonamides is 1. The summed E-state index contributed by atoms with van der Waals surface area (Å²) in [6.07, 6.45) is -4.45. The minimum Gasteiger partial charge on any atom is -0.462 e. The van der Waals surface area contributed by atoms with E-state index in [-0.39, 0.29) is 10.6 Å². The number of nitrogens with one attached hydrogen (secondary N) is 1. The van der Waals surface area contributed by atoms with E-state index in [4.69, 9.17) is 11.6 Å². The van der Waals surface area contributed by atoms with E-state index in [1.54, 1.807) is 4.72 Å². The second-order valence-corrected chi connectivity index (χ2v) is 7.98. The van der Waals surface area contributed by atoms with Gasteiger partial charge in [0.2, 0.25) is 10.0 Å². The first-order chi connectivity index (χ1) is 13.8. The number of nitrogens with zero attached hydrogens (tertiary/aromatic N) is 1. The molecule has 30 heavy (non-hydrogen) atoms. The number of esters is 1. The smallest absolute Gasteiger partial charge is 0.433 e. The van der Waals surface area contributed by atoms with Crippen molar-refractivity contribution in [3.8, 4) is 0 Å². The summed E-state index contributed by atoms with van der Waals surface area (Å²) < 4.78 is 98.3. The summed E-state index contributed by atoms with van der Waals surface area (Å²) in [4.78, 5) is 13.9. The van der Waals surface area contributed by atoms with Crippen LogP contribution in [0.4, 0.5) is 22.0 Å². The number of ether oxygens (including phenoxy) is 1. The Morgan fingerprint density at radius 3 is 2.20 bits per heavy atom. The van der Waals surface area contributed by atoms with Gasteiger partial charge in [-0.2, -0.15) is 26.7 Å². The van der Waals surface area contributed by atoms with Crippen molar-refractivity contribution in [1.82, 2.24) is 9.71 Å². The zero-order chi connectivity index (χ0) is 22.7. The highest BCUT2D eigenvalue weighted by Gasteiger charge is 2.51. The van der Waals surface area contributed by atoms with E-state index in [9.17, 15) is 35.2 Å². The zero-order valence-corrected chi connectivity index (χ0v) is 16.7. The lowest BCUT2D eigenvalue weighted by Gasteiger charge is -2.26. The molecule has 2 rings (SSSR count). The van der Waals surface area contributed by atoms with E-state index < -0.39 is 51.3 Å². The highest BCUT2D eigenvalue weighted by Crippen LogP contribution is 2.35. The Kier molecular flexibility index (Phi) is 7.05. The quantitative estimate of drug-likeness (QED) is 0.487. The van der Waals surface area contributed by atoms with Crippen LogP contribution in [0.5, 0.6) is 0 Å². The third-order valence-electron chi connectivity index (χ3n) is 3.72. The fraction of sp³-hybridized carbons (Fsp3) is 0.294. The number of benzene rings is 1. The molecule has 1 aromatic carbocycles. The predicted molar refractivity (Wildman–Crippen MR) is 95.3 cm³/mol. The normalized spacial score (nSPS) is 13.7. The van der Waals surface area contributed by atoms with Crippen molar-refractivity contribution in [3.05, 3.63) is 58.9 Å². The van der Waals surface area contributed by atoms with Gasteiger partial charge in [0.05, 0.1) is 6.61 Å². The number of hydrogen-bond acceptors (Lipinski definition) is 5. The van der Waals surface area contributed by atoms with Crippen LogP contribution in [0.15, 0.2) is 47.5 Å². The minimum atomic E-state index is -4.82. The first kappa shape index (κ1) is 24.0. The molecule has 0 aliphatic rings. The van der Waals surface area contributed by atoms with Gasteiger partial charge in [-0.1, -0.05) is 23.7 Å². The van der Waals surface area contributed by atoms with Crippen molar-refractivity contribution >= 4 is 27.6 Å². The first-order valence-electron chi connectivity index (χ1n) is 8.15. The van der Waals surface area contributed by atoms with E-state index in [0.717, 1.165) is 12.1 Å². The molecule has 1 heterocycles. The van der Waals surface area contributed by atoms with Crippen LogP contribution in [0.25, 0.3) is 0 Å². The van der Waals surface area contributed by atoms with E-state index in [1.807, 2.05) is 0 Å². The number of rotatable bonds is 7. The maximum Gasteiger partial charge on any atom is 0.433 e. The fourth-order valence-corrected chi connectivity index (χ4v) is 3.58. The summed E-state index contributed by atoms with van der Waals surface area (Å²) in [5, 5.41) is 0.159. The SMILES string of the molecule is CCOC(=O)C(F)(F)[C@@H](NS(=O)(=O)c1ccc(C(F)(F)F)nc1)c1ccc(Cl)cc1. The van der Waals surface area contributed by atoms with Crippen molar-refractivity contribution in [1.29, 1.82) is 0 Å². The summed E-state index contributed by atoms with van der Waals surface area (Å²) in [5.74, 6) is -6.34. The van der Waals surface area contributed by atoms with Crippen LogP contribution in [0.2, 0.25) is 5.02 Å². The molecule has 6 nitrogen and oxygen atoms in total. The number of hydrogen-bond donors (Lipinski definition) is 1. The molecule has 0 fully saturated rings. The van der Waals surface area contributed by atoms with Gasteiger partial charge in [0, 0.05) is 11.2 Å². The Morgan fingerprint density at radius 2 is 1.73 bits per heavy atom. The Morgan fingerprint density at radius 1 is 1.13 bits per heavy atom. The van der Waals surface area contributed by atoms with Crippen molar-refractivity contribution in [2.75, 3.05) is 6.61 Å². The van der Waals surface area contributed by atoms with Gasteiger partial charge >= 0.3 is 18.1 Å². The molecule has 0 aliphatic carbocycles. The van der Waals surface area contributed by atoms with Crippen LogP contribution in [0, 0.1) is 0 Å². The molecular weight excluding hydrogens is 459 g/mol. The number of carbonyl (C=O) groups is 1. The predicted octanol–water partition coefficient (Wildman–Crippen LogP) is 3.97. The summed E-state index contributed by atoms with van der Waals surface area (Å²) in [5.41, 5.74) is -1.70. The van der Waals surface area contributed by atoms with Gasteiger partial charge in [-0.15, -0.1) is 0 Å². The van der Waals surface area contributed by atoms with Gasteiger partial charge in [-0.25, -0.2) is 13.2 Å². The minimum absolute atomic E-state index is 0.159. The van der Waals surface area contributed by atoms with E-state index in [1.165, 1.54) is 19.1 Å². The van der Waals surface area contributed by atoms with Gasteiger partial charge in [0.25, 0.3) is 0 Å². The Balaban J connectivity index is 2.46. The molecule has 1 N–H and O–H groups in total. The van der Waals surface area contributed by atoms with Crippen LogP contribution in [0.1, 0.15) is 24.2 Å². The van der Waals surface area contributed by atoms with Crippen molar-refractivity contribution < 1.29 is 39.9 Å². The molecule has 0 aliphatic heterocycles. The lowest BCUT2D eigenvalue weighted by molar-refractivity contribution is -0.175. The maximum absolute atomic E-state index is 14.7. The van der Waals surface area contributed by atoms with Crippen LogP contribution in [-0.4, -0.2) is 31.9 Å². The standard InChI is InChI=1S/C17H14ClF5N2O4S/c1-2-29-15(26)16(19,20)14(10-3-5-11(18)6-4-10)25-30(27,28)12-7-8-13(24-9-12)17(21,22)23/h3-9,14,25H,2H2,1H3/t14-/m0/s1. The summed E-state index contributed by atoms with van der Waals surface area (Å²) in [6, 6.07) is 3.02. The van der Waals surface area contributed by atoms with Crippen molar-refractivity contribution in [2.45, 2.75) is 30.0 Å². The average molecular weight is 473 g/mol. The van der Waals surface area contributed by atoms with E-state index in [2.05, 4.69) is 9.72 Å². The van der Waals surface area contributed by atoms with Crippen LogP contribution >= 0.6 is 11.6 Å². The number of halogens is 6. The van der Waals surface area contributed by atoms with Crippen LogP contribution < -0.4 is 4.72 Å². The molecular formula is C17H14ClF5N2O4S. The number of pyridine rings is 1. The summed E-state index contributed by atoms with van der Waals surface area (Å²) in [6.45, 7) is 0.890. The van der Waals surface area contributed by atoms with Gasteiger partial charge in [-0.05, 0) is 36.8 Å². The molecule has 0 bridgehead atoms. The van der Waals surface area contributed by atoms with Gasteiger partial charge < -0.3 is 4.74 Å². The topological polar surface area (TPSA) is 85.4 Å². The first-order valence-corrected chi connectivity index (χ1v) is 10.0. The third-order valence-corrected chi connectivity index (χ3v) is 5.38. The monoisotopic (exact) mass is 472 g/mol. The van der Waals surface area contributed by atoms with Gasteiger partial charge in [-0.3, -0.25) is 4.98 Å². The molecule has 0 spiro atoms. The van der Waals surface area contributed by atoms with Crippen molar-refractivity contribution in [3.63, 3.8) is 0 Å². The molecule has 0 amide bonds. The Hall–Kier alpha value is -2.31. The highest BCUT2D eigenvalue weighted by atomic mass is 35.5. The maximum atomic E-state index is 14.7. The molecule has 1 atom stereocenters. The average Bonchev–Trinajstić information content (AvgIpc) is 2.66. The van der Waals surface area contributed by atoms with Gasteiger partial charge in [0.1, 0.15) is 16.6 Å². The highest BCUT2D eigenvalue weighted by molar-refractivity contribution is 7.89. The molecule has 0 saturated heterocycles. The number of carbonyl (C=O) groups excluding carboxylic acids is 1. The van der Waals surface area contributed by atoms with Crippen LogP contribution in [-0.2, 0) is 25.7 Å². The Bertz CT molecular complexity index is 996.